The largest absolute Gasteiger partial charge is 0.383 e. The van der Waals surface area contributed by atoms with Gasteiger partial charge < -0.3 is 16.0 Å². The molecule has 2 bridgehead atoms. The summed E-state index contributed by atoms with van der Waals surface area (Å²) in [4.78, 5) is 32.5. The summed E-state index contributed by atoms with van der Waals surface area (Å²) < 4.78 is 0. The predicted molar refractivity (Wildman–Crippen MR) is 102 cm³/mol. The van der Waals surface area contributed by atoms with Crippen molar-refractivity contribution in [1.82, 2.24) is 9.88 Å². The highest BCUT2D eigenvalue weighted by Gasteiger charge is 2.44. The maximum Gasteiger partial charge on any atom is 0.313 e. The molecule has 0 unspecified atom stereocenters. The van der Waals surface area contributed by atoms with Crippen LogP contribution in [0.1, 0.15) is 35.7 Å². The van der Waals surface area contributed by atoms with Gasteiger partial charge in [-0.2, -0.15) is 0 Å². The van der Waals surface area contributed by atoms with Crippen LogP contribution in [0.25, 0.3) is 0 Å². The number of nitrogens with zero attached hydrogens (tertiary/aromatic N) is 2. The highest BCUT2D eigenvalue weighted by molar-refractivity contribution is 7.10. The number of carbonyl (C=O) groups is 2. The molecule has 6 nitrogen and oxygen atoms in total. The van der Waals surface area contributed by atoms with Crippen molar-refractivity contribution in [3.8, 4) is 0 Å². The Kier molecular flexibility index (Phi) is 4.40. The predicted octanol–water partition coefficient (Wildman–Crippen LogP) is 2.97. The standard InChI is InChI=1S/C19H22N4O2S/c1-11-7-14(9-21-17(11)20)22-18(24)19(25)23-10-12-4-5-13(8-12)16(23)15-3-2-6-26-15/h2-3,6-7,9,12-13,16H,4-5,8,10H2,1H3,(H2,20,21)(H,22,24)/t12-,13+,16-/m0/s1. The highest BCUT2D eigenvalue weighted by Crippen LogP contribution is 2.48. The van der Waals surface area contributed by atoms with E-state index in [2.05, 4.69) is 16.4 Å². The van der Waals surface area contributed by atoms with E-state index >= 15 is 0 Å². The van der Waals surface area contributed by atoms with Gasteiger partial charge in [0.1, 0.15) is 5.82 Å². The molecule has 1 saturated carbocycles. The topological polar surface area (TPSA) is 88.3 Å². The van der Waals surface area contributed by atoms with Gasteiger partial charge in [0.05, 0.1) is 17.9 Å². The van der Waals surface area contributed by atoms with Crippen LogP contribution in [-0.2, 0) is 9.59 Å². The monoisotopic (exact) mass is 370 g/mol. The molecule has 1 aliphatic heterocycles. The molecule has 2 aromatic heterocycles. The molecular formula is C19H22N4O2S. The average Bonchev–Trinajstić information content (AvgIpc) is 3.28. The van der Waals surface area contributed by atoms with Crippen molar-refractivity contribution < 1.29 is 9.59 Å². The van der Waals surface area contributed by atoms with Crippen molar-refractivity contribution in [2.24, 2.45) is 11.8 Å². The van der Waals surface area contributed by atoms with Gasteiger partial charge in [0.2, 0.25) is 0 Å². The number of aryl methyl sites for hydroxylation is 1. The molecule has 2 amide bonds. The van der Waals surface area contributed by atoms with Gasteiger partial charge in [-0.3, -0.25) is 9.59 Å². The van der Waals surface area contributed by atoms with Gasteiger partial charge in [-0.15, -0.1) is 11.3 Å². The van der Waals surface area contributed by atoms with Gasteiger partial charge >= 0.3 is 11.8 Å². The number of nitrogens with two attached hydrogens (primary N) is 1. The maximum atomic E-state index is 13.0. The molecular weight excluding hydrogens is 348 g/mol. The van der Waals surface area contributed by atoms with Crippen LogP contribution in [0, 0.1) is 18.8 Å². The number of likely N-dealkylation sites (tertiary alicyclic amines) is 1. The number of nitrogen functional groups attached to an aromatic ring is 1. The lowest BCUT2D eigenvalue weighted by atomic mass is 9.89. The molecule has 0 radical (unpaired) electrons. The number of piperidine rings is 1. The van der Waals surface area contributed by atoms with Crippen molar-refractivity contribution in [3.05, 3.63) is 40.2 Å². The molecule has 2 fully saturated rings. The van der Waals surface area contributed by atoms with Gasteiger partial charge in [-0.05, 0) is 61.1 Å². The van der Waals surface area contributed by atoms with Crippen molar-refractivity contribution >= 4 is 34.7 Å². The fraction of sp³-hybridized carbons (Fsp3) is 0.421. The van der Waals surface area contributed by atoms with E-state index in [4.69, 9.17) is 5.73 Å². The fourth-order valence-corrected chi connectivity index (χ4v) is 5.17. The maximum absolute atomic E-state index is 13.0. The van der Waals surface area contributed by atoms with Crippen LogP contribution in [0.4, 0.5) is 11.5 Å². The van der Waals surface area contributed by atoms with E-state index in [1.54, 1.807) is 22.3 Å². The minimum Gasteiger partial charge on any atom is -0.383 e. The number of rotatable bonds is 2. The Bertz CT molecular complexity index is 836. The number of thiophene rings is 1. The molecule has 2 aliphatic rings. The molecule has 26 heavy (non-hydrogen) atoms. The summed E-state index contributed by atoms with van der Waals surface area (Å²) in [5.74, 6) is 0.297. The number of anilines is 2. The molecule has 2 aromatic rings. The molecule has 0 aromatic carbocycles. The fourth-order valence-electron chi connectivity index (χ4n) is 4.24. The van der Waals surface area contributed by atoms with Crippen molar-refractivity contribution in [1.29, 1.82) is 0 Å². The summed E-state index contributed by atoms with van der Waals surface area (Å²) >= 11 is 1.66. The first kappa shape index (κ1) is 17.0. The van der Waals surface area contributed by atoms with E-state index in [1.165, 1.54) is 11.1 Å². The number of nitrogens with one attached hydrogen (secondary N) is 1. The smallest absolute Gasteiger partial charge is 0.313 e. The summed E-state index contributed by atoms with van der Waals surface area (Å²) in [6, 6.07) is 5.81. The number of aromatic nitrogens is 1. The Morgan fingerprint density at radius 1 is 1.38 bits per heavy atom. The number of pyridine rings is 1. The van der Waals surface area contributed by atoms with E-state index in [-0.39, 0.29) is 6.04 Å². The summed E-state index contributed by atoms with van der Waals surface area (Å²) in [6.45, 7) is 2.47. The van der Waals surface area contributed by atoms with Crippen LogP contribution < -0.4 is 11.1 Å². The summed E-state index contributed by atoms with van der Waals surface area (Å²) in [6.07, 6.45) is 4.89. The van der Waals surface area contributed by atoms with Crippen LogP contribution >= 0.6 is 11.3 Å². The van der Waals surface area contributed by atoms with Crippen LogP contribution in [0.5, 0.6) is 0 Å². The Hall–Kier alpha value is -2.41. The zero-order valence-electron chi connectivity index (χ0n) is 14.6. The van der Waals surface area contributed by atoms with E-state index in [9.17, 15) is 9.59 Å². The van der Waals surface area contributed by atoms with Gasteiger partial charge in [-0.1, -0.05) is 6.07 Å². The Morgan fingerprint density at radius 2 is 2.23 bits per heavy atom. The van der Waals surface area contributed by atoms with Crippen molar-refractivity contribution in [2.45, 2.75) is 32.2 Å². The number of hydrogen-bond acceptors (Lipinski definition) is 5. The summed E-state index contributed by atoms with van der Waals surface area (Å²) in [5.41, 5.74) is 6.96. The van der Waals surface area contributed by atoms with Crippen LogP contribution in [0.15, 0.2) is 29.8 Å². The SMILES string of the molecule is Cc1cc(NC(=O)C(=O)N2C[C@H]3CC[C@H](C3)[C@H]2c2cccs2)cnc1N. The molecule has 3 heterocycles. The highest BCUT2D eigenvalue weighted by atomic mass is 32.1. The number of fused-ring (bicyclic) bond motifs is 2. The Morgan fingerprint density at radius 3 is 2.96 bits per heavy atom. The molecule has 7 heteroatoms. The summed E-state index contributed by atoms with van der Waals surface area (Å²) in [5, 5.41) is 4.71. The molecule has 1 saturated heterocycles. The zero-order valence-corrected chi connectivity index (χ0v) is 15.5. The first-order valence-electron chi connectivity index (χ1n) is 8.90. The normalized spacial score (nSPS) is 24.5. The minimum atomic E-state index is -0.612. The van der Waals surface area contributed by atoms with E-state index < -0.39 is 11.8 Å². The second kappa shape index (κ2) is 6.72. The molecule has 3 N–H and O–H groups in total. The van der Waals surface area contributed by atoms with Crippen molar-refractivity contribution in [3.63, 3.8) is 0 Å². The zero-order chi connectivity index (χ0) is 18.3. The van der Waals surface area contributed by atoms with Crippen LogP contribution in [-0.4, -0.2) is 28.2 Å². The number of hydrogen-bond donors (Lipinski definition) is 2. The quantitative estimate of drug-likeness (QED) is 0.796. The van der Waals surface area contributed by atoms with Crippen molar-refractivity contribution in [2.75, 3.05) is 17.6 Å². The van der Waals surface area contributed by atoms with Crippen LogP contribution in [0.2, 0.25) is 0 Å². The molecule has 136 valence electrons. The lowest BCUT2D eigenvalue weighted by Gasteiger charge is -2.39. The molecule has 0 spiro atoms. The minimum absolute atomic E-state index is 0.0123. The third-order valence-corrected chi connectivity index (χ3v) is 6.43. The number of amides is 2. The lowest BCUT2D eigenvalue weighted by molar-refractivity contribution is -0.147. The lowest BCUT2D eigenvalue weighted by Crippen LogP contribution is -2.47. The Labute approximate surface area is 156 Å². The second-order valence-corrected chi connectivity index (χ2v) is 8.22. The van der Waals surface area contributed by atoms with Gasteiger partial charge in [0.25, 0.3) is 0 Å². The first-order valence-corrected chi connectivity index (χ1v) is 9.78. The Balaban J connectivity index is 1.55. The molecule has 4 rings (SSSR count). The molecule has 1 aliphatic carbocycles. The van der Waals surface area contributed by atoms with E-state index in [0.29, 0.717) is 29.9 Å². The van der Waals surface area contributed by atoms with Gasteiger partial charge in [0.15, 0.2) is 0 Å². The van der Waals surface area contributed by atoms with Gasteiger partial charge in [-0.25, -0.2) is 4.98 Å². The first-order chi connectivity index (χ1) is 12.5. The van der Waals surface area contributed by atoms with E-state index in [0.717, 1.165) is 24.8 Å². The van der Waals surface area contributed by atoms with E-state index in [1.807, 2.05) is 18.4 Å². The van der Waals surface area contributed by atoms with Gasteiger partial charge in [0, 0.05) is 11.4 Å². The third-order valence-electron chi connectivity index (χ3n) is 5.49. The van der Waals surface area contributed by atoms with Crippen LogP contribution in [0.3, 0.4) is 0 Å². The molecule has 3 atom stereocenters. The second-order valence-electron chi connectivity index (χ2n) is 7.24. The third kappa shape index (κ3) is 3.07. The summed E-state index contributed by atoms with van der Waals surface area (Å²) in [7, 11) is 0. The number of carbonyl (C=O) groups excluding carboxylic acids is 2. The average molecular weight is 370 g/mol.